The number of nitrogens with one attached hydrogen (secondary N) is 1. The van der Waals surface area contributed by atoms with Crippen LogP contribution in [-0.4, -0.2) is 24.0 Å². The third-order valence-electron chi connectivity index (χ3n) is 3.75. The van der Waals surface area contributed by atoms with Gasteiger partial charge < -0.3 is 14.5 Å². The summed E-state index contributed by atoms with van der Waals surface area (Å²) in [5.74, 6) is 2.42. The molecule has 0 aliphatic rings. The predicted octanol–water partition coefficient (Wildman–Crippen LogP) is 4.15. The van der Waals surface area contributed by atoms with E-state index >= 15 is 0 Å². The van der Waals surface area contributed by atoms with Crippen LogP contribution >= 0.6 is 11.3 Å². The van der Waals surface area contributed by atoms with E-state index in [1.807, 2.05) is 55.6 Å². The van der Waals surface area contributed by atoms with E-state index in [1.165, 1.54) is 16.9 Å². The van der Waals surface area contributed by atoms with Gasteiger partial charge in [0, 0.05) is 11.9 Å². The maximum Gasteiger partial charge on any atom is 0.226 e. The molecule has 3 rings (SSSR count). The Hall–Kier alpha value is -2.60. The second-order valence-electron chi connectivity index (χ2n) is 6.10. The molecule has 0 saturated carbocycles. The number of nitrogens with zero attached hydrogens (tertiary/aromatic N) is 1. The molecule has 0 aliphatic carbocycles. The molecule has 0 aliphatic heterocycles. The molecule has 0 unspecified atom stereocenters. The third kappa shape index (κ3) is 5.20. The Morgan fingerprint density at radius 1 is 1.27 bits per heavy atom. The van der Waals surface area contributed by atoms with Crippen molar-refractivity contribution >= 4 is 17.2 Å². The standard InChI is InChI=1S/C20H22N2O3S/c1-14-5-3-6-17(11-14)24-10-4-9-21-19(23)12-16-13-26-20(22-16)18-8-7-15(2)25-18/h3,5-8,11,13H,4,9-10,12H2,1-2H3,(H,21,23). The molecule has 136 valence electrons. The van der Waals surface area contributed by atoms with Crippen molar-refractivity contribution in [3.63, 3.8) is 0 Å². The van der Waals surface area contributed by atoms with E-state index in [-0.39, 0.29) is 12.3 Å². The minimum atomic E-state index is -0.0342. The summed E-state index contributed by atoms with van der Waals surface area (Å²) in [4.78, 5) is 16.5. The Bertz CT molecular complexity index is 869. The molecule has 6 heteroatoms. The Kier molecular flexibility index (Phi) is 6.07. The first kappa shape index (κ1) is 18.2. The lowest BCUT2D eigenvalue weighted by Gasteiger charge is -2.07. The Morgan fingerprint density at radius 2 is 2.15 bits per heavy atom. The molecule has 1 aromatic carbocycles. The minimum Gasteiger partial charge on any atom is -0.494 e. The van der Waals surface area contributed by atoms with Crippen molar-refractivity contribution in [2.24, 2.45) is 0 Å². The molecule has 2 aromatic heterocycles. The first-order valence-electron chi connectivity index (χ1n) is 8.57. The third-order valence-corrected chi connectivity index (χ3v) is 4.65. The number of amides is 1. The van der Waals surface area contributed by atoms with Gasteiger partial charge in [0.25, 0.3) is 0 Å². The number of thiazole rings is 1. The lowest BCUT2D eigenvalue weighted by Crippen LogP contribution is -2.27. The van der Waals surface area contributed by atoms with E-state index in [0.717, 1.165) is 34.4 Å². The molecular formula is C20H22N2O3S. The van der Waals surface area contributed by atoms with Crippen LogP contribution in [0.5, 0.6) is 5.75 Å². The molecule has 26 heavy (non-hydrogen) atoms. The fourth-order valence-electron chi connectivity index (χ4n) is 2.47. The second kappa shape index (κ2) is 8.67. The lowest BCUT2D eigenvalue weighted by molar-refractivity contribution is -0.120. The molecule has 0 bridgehead atoms. The molecule has 0 saturated heterocycles. The molecule has 0 radical (unpaired) electrons. The van der Waals surface area contributed by atoms with E-state index in [4.69, 9.17) is 9.15 Å². The topological polar surface area (TPSA) is 64.4 Å². The van der Waals surface area contributed by atoms with Crippen LogP contribution in [0.2, 0.25) is 0 Å². The van der Waals surface area contributed by atoms with Gasteiger partial charge in [-0.25, -0.2) is 4.98 Å². The number of ether oxygens (including phenoxy) is 1. The number of hydrogen-bond donors (Lipinski definition) is 1. The zero-order valence-corrected chi connectivity index (χ0v) is 15.8. The van der Waals surface area contributed by atoms with Crippen molar-refractivity contribution in [3.8, 4) is 16.5 Å². The van der Waals surface area contributed by atoms with Crippen LogP contribution in [0.4, 0.5) is 0 Å². The molecular weight excluding hydrogens is 348 g/mol. The van der Waals surface area contributed by atoms with E-state index in [2.05, 4.69) is 10.3 Å². The van der Waals surface area contributed by atoms with Crippen LogP contribution in [-0.2, 0) is 11.2 Å². The number of rotatable bonds is 8. The van der Waals surface area contributed by atoms with Gasteiger partial charge in [-0.15, -0.1) is 11.3 Å². The molecule has 0 fully saturated rings. The van der Waals surface area contributed by atoms with Gasteiger partial charge in [0.1, 0.15) is 11.5 Å². The highest BCUT2D eigenvalue weighted by Gasteiger charge is 2.11. The summed E-state index contributed by atoms with van der Waals surface area (Å²) in [6, 6.07) is 11.7. The molecule has 5 nitrogen and oxygen atoms in total. The number of carbonyl (C=O) groups is 1. The largest absolute Gasteiger partial charge is 0.494 e. The van der Waals surface area contributed by atoms with Crippen molar-refractivity contribution in [1.29, 1.82) is 0 Å². The fourth-order valence-corrected chi connectivity index (χ4v) is 3.25. The van der Waals surface area contributed by atoms with Crippen LogP contribution in [0.15, 0.2) is 46.2 Å². The Labute approximate surface area is 157 Å². The van der Waals surface area contributed by atoms with Gasteiger partial charge in [-0.1, -0.05) is 12.1 Å². The van der Waals surface area contributed by atoms with Gasteiger partial charge in [0.05, 0.1) is 18.7 Å². The van der Waals surface area contributed by atoms with Crippen molar-refractivity contribution in [3.05, 3.63) is 58.8 Å². The number of benzene rings is 1. The summed E-state index contributed by atoms with van der Waals surface area (Å²) in [6.45, 7) is 5.08. The average molecular weight is 370 g/mol. The normalized spacial score (nSPS) is 10.7. The van der Waals surface area contributed by atoms with Gasteiger partial charge in [-0.2, -0.15) is 0 Å². The van der Waals surface area contributed by atoms with Crippen LogP contribution in [0.3, 0.4) is 0 Å². The first-order valence-corrected chi connectivity index (χ1v) is 9.45. The average Bonchev–Trinajstić information content (AvgIpc) is 3.23. The van der Waals surface area contributed by atoms with Gasteiger partial charge >= 0.3 is 0 Å². The van der Waals surface area contributed by atoms with Crippen molar-refractivity contribution in [2.75, 3.05) is 13.2 Å². The van der Waals surface area contributed by atoms with Crippen LogP contribution in [0.1, 0.15) is 23.4 Å². The summed E-state index contributed by atoms with van der Waals surface area (Å²) in [6.07, 6.45) is 1.03. The van der Waals surface area contributed by atoms with Gasteiger partial charge in [0.15, 0.2) is 10.8 Å². The highest BCUT2D eigenvalue weighted by Crippen LogP contribution is 2.25. The number of hydrogen-bond acceptors (Lipinski definition) is 5. The number of carbonyl (C=O) groups excluding carboxylic acids is 1. The summed E-state index contributed by atoms with van der Waals surface area (Å²) < 4.78 is 11.2. The summed E-state index contributed by atoms with van der Waals surface area (Å²) in [5, 5.41) is 5.60. The zero-order chi connectivity index (χ0) is 18.4. The molecule has 1 N–H and O–H groups in total. The van der Waals surface area contributed by atoms with E-state index in [9.17, 15) is 4.79 Å². The van der Waals surface area contributed by atoms with Crippen LogP contribution in [0, 0.1) is 13.8 Å². The maximum atomic E-state index is 12.0. The van der Waals surface area contributed by atoms with Crippen molar-refractivity contribution in [2.45, 2.75) is 26.7 Å². The number of aromatic nitrogens is 1. The highest BCUT2D eigenvalue weighted by atomic mass is 32.1. The van der Waals surface area contributed by atoms with Gasteiger partial charge in [-0.05, 0) is 50.1 Å². The molecule has 3 aromatic rings. The fraction of sp³-hybridized carbons (Fsp3) is 0.300. The molecule has 2 heterocycles. The molecule has 1 amide bonds. The van der Waals surface area contributed by atoms with Crippen LogP contribution < -0.4 is 10.1 Å². The second-order valence-corrected chi connectivity index (χ2v) is 6.96. The van der Waals surface area contributed by atoms with E-state index in [1.54, 1.807) is 0 Å². The highest BCUT2D eigenvalue weighted by molar-refractivity contribution is 7.13. The van der Waals surface area contributed by atoms with Crippen LogP contribution in [0.25, 0.3) is 10.8 Å². The van der Waals surface area contributed by atoms with Gasteiger partial charge in [0.2, 0.25) is 5.91 Å². The summed E-state index contributed by atoms with van der Waals surface area (Å²) >= 11 is 1.48. The lowest BCUT2D eigenvalue weighted by atomic mass is 10.2. The van der Waals surface area contributed by atoms with Crippen molar-refractivity contribution < 1.29 is 13.9 Å². The smallest absolute Gasteiger partial charge is 0.226 e. The quantitative estimate of drug-likeness (QED) is 0.605. The maximum absolute atomic E-state index is 12.0. The monoisotopic (exact) mass is 370 g/mol. The van der Waals surface area contributed by atoms with Gasteiger partial charge in [-0.3, -0.25) is 4.79 Å². The molecule has 0 spiro atoms. The minimum absolute atomic E-state index is 0.0342. The Balaban J connectivity index is 1.37. The van der Waals surface area contributed by atoms with Crippen molar-refractivity contribution in [1.82, 2.24) is 10.3 Å². The predicted molar refractivity (Wildman–Crippen MR) is 103 cm³/mol. The summed E-state index contributed by atoms with van der Waals surface area (Å²) in [5.41, 5.74) is 1.93. The SMILES string of the molecule is Cc1cccc(OCCCNC(=O)Cc2csc(-c3ccc(C)o3)n2)c1. The number of aryl methyl sites for hydroxylation is 2. The van der Waals surface area contributed by atoms with E-state index < -0.39 is 0 Å². The first-order chi connectivity index (χ1) is 12.6. The zero-order valence-electron chi connectivity index (χ0n) is 15.0. The Morgan fingerprint density at radius 3 is 2.92 bits per heavy atom. The number of furan rings is 1. The summed E-state index contributed by atoms with van der Waals surface area (Å²) in [7, 11) is 0. The van der Waals surface area contributed by atoms with E-state index in [0.29, 0.717) is 13.2 Å². The molecule has 0 atom stereocenters.